The fourth-order valence-electron chi connectivity index (χ4n) is 5.53. The van der Waals surface area contributed by atoms with Crippen molar-refractivity contribution in [3.05, 3.63) is 99.0 Å². The van der Waals surface area contributed by atoms with Gasteiger partial charge in [0.25, 0.3) is 0 Å². The Morgan fingerprint density at radius 2 is 1.76 bits per heavy atom. The number of nitrogens with two attached hydrogens (primary N) is 1. The lowest BCUT2D eigenvalue weighted by Gasteiger charge is -2.37. The second-order valence-corrected chi connectivity index (χ2v) is 12.8. The van der Waals surface area contributed by atoms with Crippen LogP contribution in [0.2, 0.25) is 10.0 Å². The number of nitrogens with one attached hydrogen (secondary N) is 1. The monoisotopic (exact) mass is 616 g/mol. The normalized spacial score (nSPS) is 21.9. The van der Waals surface area contributed by atoms with Crippen LogP contribution in [-0.2, 0) is 16.8 Å². The predicted molar refractivity (Wildman–Crippen MR) is 164 cm³/mol. The van der Waals surface area contributed by atoms with Gasteiger partial charge in [0.1, 0.15) is 23.1 Å². The molecule has 10 heteroatoms. The lowest BCUT2D eigenvalue weighted by Crippen LogP contribution is -2.44. The van der Waals surface area contributed by atoms with Gasteiger partial charge in [-0.25, -0.2) is 8.78 Å². The molecule has 3 aromatic rings. The number of halogens is 4. The topological polar surface area (TPSA) is 102 Å². The van der Waals surface area contributed by atoms with E-state index < -0.39 is 41.0 Å². The molecule has 1 aliphatic heterocycles. The summed E-state index contributed by atoms with van der Waals surface area (Å²) in [6, 6.07) is 16.1. The van der Waals surface area contributed by atoms with Gasteiger partial charge in [-0.05, 0) is 67.4 Å². The molecule has 1 aliphatic rings. The van der Waals surface area contributed by atoms with Crippen molar-refractivity contribution in [3.63, 3.8) is 0 Å². The number of hydrogen-bond acceptors (Lipinski definition) is 5. The van der Waals surface area contributed by atoms with E-state index in [1.54, 1.807) is 0 Å². The summed E-state index contributed by atoms with van der Waals surface area (Å²) in [5.74, 6) is -4.09. The quantitative estimate of drug-likeness (QED) is 0.257. The van der Waals surface area contributed by atoms with E-state index in [1.807, 2.05) is 32.9 Å². The Morgan fingerprint density at radius 1 is 1.12 bits per heavy atom. The van der Waals surface area contributed by atoms with Crippen molar-refractivity contribution in [3.8, 4) is 6.07 Å². The van der Waals surface area contributed by atoms with Crippen LogP contribution in [0.1, 0.15) is 49.8 Å². The average Bonchev–Trinajstić information content (AvgIpc) is 3.20. The zero-order valence-electron chi connectivity index (χ0n) is 24.3. The third-order valence-electron chi connectivity index (χ3n) is 7.19. The molecule has 0 aliphatic carbocycles. The number of rotatable bonds is 6. The Balaban J connectivity index is 0.000000369. The molecule has 0 spiro atoms. The fraction of sp³-hybridized carbons (Fsp3) is 0.375. The first kappa shape index (κ1) is 33.3. The number of aliphatic carboxylic acids is 1. The highest BCUT2D eigenvalue weighted by Gasteiger charge is 2.61. The van der Waals surface area contributed by atoms with E-state index in [-0.39, 0.29) is 26.6 Å². The molecule has 0 aromatic heterocycles. The van der Waals surface area contributed by atoms with Gasteiger partial charge in [-0.3, -0.25) is 10.1 Å². The smallest absolute Gasteiger partial charge is 0.321 e. The first-order valence-corrected chi connectivity index (χ1v) is 14.1. The van der Waals surface area contributed by atoms with E-state index in [2.05, 4.69) is 42.5 Å². The minimum Gasteiger partial charge on any atom is -0.480 e. The van der Waals surface area contributed by atoms with E-state index in [0.717, 1.165) is 18.3 Å². The van der Waals surface area contributed by atoms with E-state index >= 15 is 8.78 Å². The van der Waals surface area contributed by atoms with Crippen molar-refractivity contribution in [1.82, 2.24) is 10.2 Å². The standard InChI is InChI=1S/C23H22Cl2F2N2O2.C9H14N2/c1-22(2,3)10-17-23(11-28,14-8-7-12(24)9-16(14)26)18(20(29-17)21(30)31)13-5-4-6-15(25)19(13)27;1-11(2)7-8-3-5-9(10)6-4-8/h4-9,17-18,20,29H,10H2,1-3H3,(H,30,31);3-6H,7,10H2,1-2H3/t17-,18-,20+,23-;/m0./s1. The molecule has 0 amide bonds. The van der Waals surface area contributed by atoms with Crippen LogP contribution in [0.3, 0.4) is 0 Å². The minimum atomic E-state index is -1.73. The lowest BCUT2D eigenvalue weighted by molar-refractivity contribution is -0.139. The van der Waals surface area contributed by atoms with E-state index in [1.165, 1.54) is 35.9 Å². The summed E-state index contributed by atoms with van der Waals surface area (Å²) >= 11 is 11.9. The van der Waals surface area contributed by atoms with Gasteiger partial charge < -0.3 is 15.7 Å². The zero-order chi connectivity index (χ0) is 31.4. The van der Waals surface area contributed by atoms with Gasteiger partial charge in [-0.1, -0.05) is 74.3 Å². The van der Waals surface area contributed by atoms with Crippen LogP contribution in [0.5, 0.6) is 0 Å². The molecule has 3 aromatic carbocycles. The molecule has 1 heterocycles. The van der Waals surface area contributed by atoms with Gasteiger partial charge >= 0.3 is 5.97 Å². The fourth-order valence-corrected chi connectivity index (χ4v) is 5.87. The number of carbonyl (C=O) groups is 1. The number of hydrogen-bond donors (Lipinski definition) is 3. The summed E-state index contributed by atoms with van der Waals surface area (Å²) in [5, 5.41) is 23.4. The van der Waals surface area contributed by atoms with Gasteiger partial charge in [0, 0.05) is 34.8 Å². The molecule has 4 atom stereocenters. The highest BCUT2D eigenvalue weighted by Crippen LogP contribution is 2.52. The van der Waals surface area contributed by atoms with Crippen molar-refractivity contribution < 1.29 is 18.7 Å². The molecule has 0 bridgehead atoms. The first-order valence-electron chi connectivity index (χ1n) is 13.4. The number of benzene rings is 3. The van der Waals surface area contributed by atoms with Crippen LogP contribution in [0.25, 0.3) is 0 Å². The van der Waals surface area contributed by atoms with Crippen LogP contribution in [0.4, 0.5) is 14.5 Å². The SMILES string of the molecule is CC(C)(C)C[C@@H]1N[C@@H](C(=O)O)[C@H](c2cccc(Cl)c2F)[C@@]1(C#N)c1ccc(Cl)cc1F.CN(C)Cc1ccc(N)cc1. The van der Waals surface area contributed by atoms with Crippen LogP contribution >= 0.6 is 23.2 Å². The van der Waals surface area contributed by atoms with E-state index in [9.17, 15) is 15.2 Å². The molecule has 6 nitrogen and oxygen atoms in total. The Kier molecular flexibility index (Phi) is 10.6. The molecular weight excluding hydrogens is 581 g/mol. The van der Waals surface area contributed by atoms with Gasteiger partial charge in [0.2, 0.25) is 0 Å². The lowest BCUT2D eigenvalue weighted by atomic mass is 9.62. The van der Waals surface area contributed by atoms with Crippen molar-refractivity contribution in [2.75, 3.05) is 19.8 Å². The van der Waals surface area contributed by atoms with Crippen molar-refractivity contribution in [2.45, 2.75) is 57.2 Å². The maximum absolute atomic E-state index is 15.2. The highest BCUT2D eigenvalue weighted by atomic mass is 35.5. The number of nitrogens with zero attached hydrogens (tertiary/aromatic N) is 2. The number of carboxylic acid groups (broad SMARTS) is 1. The molecule has 224 valence electrons. The molecule has 4 N–H and O–H groups in total. The van der Waals surface area contributed by atoms with Gasteiger partial charge in [0.15, 0.2) is 0 Å². The summed E-state index contributed by atoms with van der Waals surface area (Å²) in [5.41, 5.74) is 5.51. The van der Waals surface area contributed by atoms with Gasteiger partial charge in [-0.15, -0.1) is 0 Å². The largest absolute Gasteiger partial charge is 0.480 e. The minimum absolute atomic E-state index is 0.0331. The Bertz CT molecular complexity index is 1450. The van der Waals surface area contributed by atoms with Crippen LogP contribution < -0.4 is 11.1 Å². The summed E-state index contributed by atoms with van der Waals surface area (Å²) in [6.07, 6.45) is 0.338. The number of anilines is 1. The predicted octanol–water partition coefficient (Wildman–Crippen LogP) is 7.01. The molecule has 1 saturated heterocycles. The van der Waals surface area contributed by atoms with Crippen LogP contribution in [0, 0.1) is 28.4 Å². The Morgan fingerprint density at radius 3 is 2.29 bits per heavy atom. The summed E-state index contributed by atoms with van der Waals surface area (Å²) in [4.78, 5) is 14.4. The summed E-state index contributed by atoms with van der Waals surface area (Å²) in [6.45, 7) is 6.76. The average molecular weight is 618 g/mol. The van der Waals surface area contributed by atoms with Crippen LogP contribution in [-0.4, -0.2) is 42.2 Å². The molecule has 0 unspecified atom stereocenters. The second kappa shape index (κ2) is 13.4. The zero-order valence-corrected chi connectivity index (χ0v) is 25.8. The van der Waals surface area contributed by atoms with Crippen LogP contribution in [0.15, 0.2) is 60.7 Å². The van der Waals surface area contributed by atoms with Gasteiger partial charge in [-0.2, -0.15) is 5.26 Å². The molecule has 1 fully saturated rings. The van der Waals surface area contributed by atoms with Crippen molar-refractivity contribution in [2.24, 2.45) is 5.41 Å². The number of nitrogen functional groups attached to an aromatic ring is 1. The van der Waals surface area contributed by atoms with E-state index in [4.69, 9.17) is 28.9 Å². The highest BCUT2D eigenvalue weighted by molar-refractivity contribution is 6.31. The van der Waals surface area contributed by atoms with E-state index in [0.29, 0.717) is 6.42 Å². The molecule has 42 heavy (non-hydrogen) atoms. The third-order valence-corrected chi connectivity index (χ3v) is 7.72. The van der Waals surface area contributed by atoms with Crippen molar-refractivity contribution >= 4 is 34.9 Å². The third kappa shape index (κ3) is 7.40. The molecular formula is C32H36Cl2F2N4O2. The number of nitriles is 1. The molecule has 0 radical (unpaired) electrons. The molecule has 4 rings (SSSR count). The second-order valence-electron chi connectivity index (χ2n) is 12.0. The maximum atomic E-state index is 15.2. The molecule has 0 saturated carbocycles. The summed E-state index contributed by atoms with van der Waals surface area (Å²) < 4.78 is 30.3. The Hall–Kier alpha value is -3.22. The maximum Gasteiger partial charge on any atom is 0.321 e. The van der Waals surface area contributed by atoms with Gasteiger partial charge in [0.05, 0.1) is 11.1 Å². The first-order chi connectivity index (χ1) is 19.6. The Labute approximate surface area is 256 Å². The number of carboxylic acids is 1. The van der Waals surface area contributed by atoms with Crippen molar-refractivity contribution in [1.29, 1.82) is 5.26 Å². The summed E-state index contributed by atoms with van der Waals surface area (Å²) in [7, 11) is 4.10.